The lowest BCUT2D eigenvalue weighted by atomic mass is 9.45. The zero-order valence-corrected chi connectivity index (χ0v) is 50.8. The van der Waals surface area contributed by atoms with E-state index >= 15 is 0 Å². The van der Waals surface area contributed by atoms with Crippen LogP contribution in [0.4, 0.5) is 45.5 Å². The van der Waals surface area contributed by atoms with E-state index < -0.39 is 6.85 Å². The molecule has 0 radical (unpaired) electrons. The van der Waals surface area contributed by atoms with Gasteiger partial charge in [-0.1, -0.05) is 186 Å². The molecule has 0 amide bonds. The Bertz CT molecular complexity index is 4730. The first-order valence-electron chi connectivity index (χ1n) is 30.1. The van der Waals surface area contributed by atoms with Crippen LogP contribution in [0.15, 0.2) is 220 Å². The van der Waals surface area contributed by atoms with Crippen molar-refractivity contribution in [3.8, 4) is 22.3 Å². The van der Waals surface area contributed by atoms with Crippen molar-refractivity contribution < 1.29 is 13.3 Å². The zero-order valence-electron chi connectivity index (χ0n) is 50.8. The van der Waals surface area contributed by atoms with Crippen molar-refractivity contribution in [1.29, 1.82) is 0 Å². The summed E-state index contributed by atoms with van der Waals surface area (Å²) in [5.41, 5.74) is 23.9. The fourth-order valence-electron chi connectivity index (χ4n) is 13.4. The molecular weight excluding hydrogens is 1040 g/mol. The molecule has 0 bridgehead atoms. The van der Waals surface area contributed by atoms with Gasteiger partial charge in [-0.05, 0) is 158 Å². The van der Waals surface area contributed by atoms with Gasteiger partial charge in [0.05, 0.1) is 5.69 Å². The average Bonchev–Trinajstić information content (AvgIpc) is 1.84. The number of benzene rings is 10. The lowest BCUT2D eigenvalue weighted by molar-refractivity contribution is 0.590. The van der Waals surface area contributed by atoms with Crippen LogP contribution in [-0.4, -0.2) is 6.85 Å². The molecule has 85 heavy (non-hydrogen) atoms. The molecule has 0 N–H and O–H groups in total. The minimum absolute atomic E-state index is 0.0137. The summed E-state index contributed by atoms with van der Waals surface area (Å²) in [5, 5.41) is 5.22. The molecule has 418 valence electrons. The van der Waals surface area contributed by atoms with Crippen LogP contribution >= 0.6 is 0 Å². The Balaban J connectivity index is 1.03. The molecule has 0 fully saturated rings. The summed E-state index contributed by atoms with van der Waals surface area (Å²) in [7, 11) is 0. The predicted octanol–water partition coefficient (Wildman–Crippen LogP) is 21.3. The van der Waals surface area contributed by atoms with Gasteiger partial charge in [-0.3, -0.25) is 0 Å². The molecule has 15 rings (SSSR count). The van der Waals surface area contributed by atoms with Crippen molar-refractivity contribution in [2.45, 2.75) is 105 Å². The molecule has 5 heterocycles. The van der Waals surface area contributed by atoms with Crippen LogP contribution in [0.5, 0.6) is 0 Å². The van der Waals surface area contributed by atoms with E-state index in [1.807, 2.05) is 0 Å². The molecule has 0 aliphatic carbocycles. The molecule has 0 saturated carbocycles. The molecule has 3 aromatic heterocycles. The highest BCUT2D eigenvalue weighted by Gasteiger charge is 2.50. The molecule has 2 aliphatic rings. The maximum Gasteiger partial charge on any atom is 0.376 e. The van der Waals surface area contributed by atoms with Crippen molar-refractivity contribution in [2.75, 3.05) is 14.6 Å². The molecule has 0 unspecified atom stereocenters. The molecule has 0 saturated heterocycles. The van der Waals surface area contributed by atoms with Gasteiger partial charge in [-0.25, -0.2) is 0 Å². The number of para-hydroxylation sites is 1. The van der Waals surface area contributed by atoms with Gasteiger partial charge >= 0.3 is 6.85 Å². The number of anilines is 8. The normalized spacial score (nSPS) is 13.6. The van der Waals surface area contributed by atoms with Crippen LogP contribution in [0.3, 0.4) is 0 Å². The van der Waals surface area contributed by atoms with Crippen molar-refractivity contribution in [1.82, 2.24) is 0 Å². The first-order chi connectivity index (χ1) is 40.7. The molecular formula is C78H70BN3O3. The molecule has 2 aliphatic heterocycles. The number of nitrogens with zero attached hydrogens (tertiary/aromatic N) is 3. The minimum Gasteiger partial charge on any atom is -0.466 e. The van der Waals surface area contributed by atoms with Crippen LogP contribution in [0.2, 0.25) is 0 Å². The Hall–Kier alpha value is -9.20. The Morgan fingerprint density at radius 3 is 1.49 bits per heavy atom. The quantitative estimate of drug-likeness (QED) is 0.155. The van der Waals surface area contributed by atoms with Gasteiger partial charge in [0.15, 0.2) is 0 Å². The van der Waals surface area contributed by atoms with Crippen molar-refractivity contribution in [2.24, 2.45) is 0 Å². The highest BCUT2D eigenvalue weighted by atomic mass is 16.3. The van der Waals surface area contributed by atoms with E-state index in [9.17, 15) is 0 Å². The number of furan rings is 3. The fourth-order valence-corrected chi connectivity index (χ4v) is 13.4. The van der Waals surface area contributed by atoms with E-state index in [1.165, 1.54) is 22.3 Å². The number of hydrogen-bond donors (Lipinski definition) is 0. The van der Waals surface area contributed by atoms with Crippen molar-refractivity contribution in [3.63, 3.8) is 0 Å². The largest absolute Gasteiger partial charge is 0.466 e. The van der Waals surface area contributed by atoms with E-state index in [1.54, 1.807) is 0 Å². The maximum atomic E-state index is 7.52. The van der Waals surface area contributed by atoms with E-state index in [4.69, 9.17) is 13.3 Å². The van der Waals surface area contributed by atoms with E-state index in [0.717, 1.165) is 134 Å². The highest BCUT2D eigenvalue weighted by Crippen LogP contribution is 2.54. The van der Waals surface area contributed by atoms with Gasteiger partial charge in [0, 0.05) is 83.9 Å². The van der Waals surface area contributed by atoms with Gasteiger partial charge in [-0.15, -0.1) is 0 Å². The summed E-state index contributed by atoms with van der Waals surface area (Å²) in [6.07, 6.45) is 0. The van der Waals surface area contributed by atoms with Crippen molar-refractivity contribution >= 4 is 118 Å². The zero-order chi connectivity index (χ0) is 58.6. The Kier molecular flexibility index (Phi) is 11.5. The lowest BCUT2D eigenvalue weighted by Gasteiger charge is -2.43. The van der Waals surface area contributed by atoms with Gasteiger partial charge < -0.3 is 27.9 Å². The van der Waals surface area contributed by atoms with Crippen LogP contribution in [0, 0.1) is 0 Å². The molecule has 7 heteroatoms. The SMILES string of the molecule is CC(C)(C)c1ccc(N2B3c4oc5ccc(-c6ccccc6)cc5c4N(c4ccc(C(C)(C)C)cc4)c4cc5c(oc6ccccc65)c(c43)-c3cc4c(cc32)oc2ccc(N(c3ccc(C(C)(C)C)cc3)c3ccc(C(C)(C)C)cc3)cc24)cc1. The molecule has 0 spiro atoms. The minimum atomic E-state index is -0.431. The second-order valence-electron chi connectivity index (χ2n) is 27.8. The first-order valence-corrected chi connectivity index (χ1v) is 30.1. The second-order valence-corrected chi connectivity index (χ2v) is 27.8. The summed E-state index contributed by atoms with van der Waals surface area (Å²) >= 11 is 0. The Labute approximate surface area is 499 Å². The van der Waals surface area contributed by atoms with E-state index in [0.29, 0.717) is 0 Å². The van der Waals surface area contributed by atoms with Gasteiger partial charge in [0.2, 0.25) is 0 Å². The molecule has 13 aromatic rings. The monoisotopic (exact) mass is 1110 g/mol. The first kappa shape index (κ1) is 52.6. The van der Waals surface area contributed by atoms with Gasteiger partial charge in [0.25, 0.3) is 0 Å². The van der Waals surface area contributed by atoms with E-state index in [-0.39, 0.29) is 21.7 Å². The average molecular weight is 1110 g/mol. The molecule has 0 atom stereocenters. The summed E-state index contributed by atoms with van der Waals surface area (Å²) in [4.78, 5) is 7.38. The summed E-state index contributed by atoms with van der Waals surface area (Å²) < 4.78 is 21.9. The van der Waals surface area contributed by atoms with Gasteiger partial charge in [0.1, 0.15) is 33.6 Å². The summed E-state index contributed by atoms with van der Waals surface area (Å²) in [6.45, 7) is 26.9. The highest BCUT2D eigenvalue weighted by molar-refractivity contribution is 6.93. The molecule has 10 aromatic carbocycles. The lowest BCUT2D eigenvalue weighted by Crippen LogP contribution is -2.61. The van der Waals surface area contributed by atoms with Crippen LogP contribution < -0.4 is 25.7 Å². The fraction of sp³-hybridized carbons (Fsp3) is 0.205. The third-order valence-electron chi connectivity index (χ3n) is 18.1. The number of fused-ring (bicyclic) bond motifs is 13. The second kappa shape index (κ2) is 18.7. The van der Waals surface area contributed by atoms with Crippen LogP contribution in [-0.2, 0) is 21.7 Å². The van der Waals surface area contributed by atoms with E-state index in [2.05, 4.69) is 304 Å². The summed E-state index contributed by atoms with van der Waals surface area (Å²) in [6, 6.07) is 76.2. The predicted molar refractivity (Wildman–Crippen MR) is 359 cm³/mol. The molecule has 6 nitrogen and oxygen atoms in total. The Morgan fingerprint density at radius 2 is 0.882 bits per heavy atom. The smallest absolute Gasteiger partial charge is 0.376 e. The third-order valence-corrected chi connectivity index (χ3v) is 18.1. The summed E-state index contributed by atoms with van der Waals surface area (Å²) in [5.74, 6) is 0. The van der Waals surface area contributed by atoms with Crippen LogP contribution in [0.1, 0.15) is 105 Å². The number of hydrogen-bond acceptors (Lipinski definition) is 6. The third kappa shape index (κ3) is 8.51. The van der Waals surface area contributed by atoms with Crippen molar-refractivity contribution in [3.05, 3.63) is 229 Å². The topological polar surface area (TPSA) is 49.1 Å². The standard InChI is InChI=1S/C78H70BN3O3/c1-75(2,3)49-23-31-53(32-24-49)80(54-33-25-50(26-34-54)76(4,5)6)57-39-41-67-59(43-57)60-44-62-64(46-69(60)83-67)82(56-37-29-52(30-38-56)78(10,11)12)79-71-65(45-61-58-20-16-17-21-66(58)84-73(61)70(62)71)81(55-35-27-51(28-36-55)77(7,8)9)72-63-42-48(47-18-14-13-15-19-47)22-40-68(63)85-74(72)79/h13-46H,1-12H3. The number of rotatable bonds is 6. The van der Waals surface area contributed by atoms with Gasteiger partial charge in [-0.2, -0.15) is 0 Å². The van der Waals surface area contributed by atoms with Crippen LogP contribution in [0.25, 0.3) is 77.1 Å². The Morgan fingerprint density at radius 1 is 0.365 bits per heavy atom. The maximum absolute atomic E-state index is 7.52.